The highest BCUT2D eigenvalue weighted by Gasteiger charge is 2.31. The molecular weight excluding hydrogens is 380 g/mol. The van der Waals surface area contributed by atoms with Crippen molar-refractivity contribution in [2.45, 2.75) is 17.4 Å². The molecule has 8 heteroatoms. The van der Waals surface area contributed by atoms with Crippen LogP contribution < -0.4 is 10.1 Å². The normalized spacial score (nSPS) is 20.1. The third-order valence-corrected chi connectivity index (χ3v) is 6.94. The summed E-state index contributed by atoms with van der Waals surface area (Å²) in [5.74, 6) is 0.336. The molecule has 2 aromatic carbocycles. The fraction of sp³-hybridized carbons (Fsp3) is 0.350. The van der Waals surface area contributed by atoms with Crippen LogP contribution in [0.15, 0.2) is 53.4 Å². The topological polar surface area (TPSA) is 84.9 Å². The molecule has 0 saturated carbocycles. The van der Waals surface area contributed by atoms with E-state index in [9.17, 15) is 13.2 Å². The first-order valence-corrected chi connectivity index (χ1v) is 10.7. The number of ether oxygens (including phenoxy) is 2. The zero-order chi connectivity index (χ0) is 19.6. The van der Waals surface area contributed by atoms with Gasteiger partial charge in [-0.05, 0) is 18.2 Å². The number of para-hydroxylation sites is 1. The van der Waals surface area contributed by atoms with Gasteiger partial charge in [-0.3, -0.25) is 4.79 Å². The molecule has 2 aromatic rings. The zero-order valence-corrected chi connectivity index (χ0v) is 16.2. The van der Waals surface area contributed by atoms with Crippen molar-refractivity contribution < 1.29 is 22.7 Å². The minimum atomic E-state index is -3.77. The summed E-state index contributed by atoms with van der Waals surface area (Å²) in [5, 5.41) is 2.98. The Morgan fingerprint density at radius 2 is 1.71 bits per heavy atom. The third-order valence-electron chi connectivity index (χ3n) is 4.98. The maximum absolute atomic E-state index is 13.1. The molecule has 2 heterocycles. The van der Waals surface area contributed by atoms with Gasteiger partial charge in [0.25, 0.3) is 5.91 Å². The lowest BCUT2D eigenvalue weighted by atomic mass is 10.00. The van der Waals surface area contributed by atoms with Crippen LogP contribution in [0.5, 0.6) is 5.75 Å². The number of benzene rings is 2. The SMILES string of the molecule is O=C(NC1CCOc2ccccc21)c1ccccc1S(=O)(=O)N1CCOCC1. The van der Waals surface area contributed by atoms with E-state index in [2.05, 4.69) is 5.32 Å². The van der Waals surface area contributed by atoms with E-state index in [0.717, 1.165) is 11.3 Å². The molecule has 1 atom stereocenters. The van der Waals surface area contributed by atoms with E-state index >= 15 is 0 Å². The summed E-state index contributed by atoms with van der Waals surface area (Å²) in [6.45, 7) is 1.77. The van der Waals surface area contributed by atoms with Crippen molar-refractivity contribution in [3.05, 3.63) is 59.7 Å². The number of rotatable bonds is 4. The minimum absolute atomic E-state index is 0.0229. The van der Waals surface area contributed by atoms with Crippen molar-refractivity contribution in [3.8, 4) is 5.75 Å². The predicted molar refractivity (Wildman–Crippen MR) is 103 cm³/mol. The second kappa shape index (κ2) is 7.90. The maximum Gasteiger partial charge on any atom is 0.253 e. The van der Waals surface area contributed by atoms with Crippen LogP contribution >= 0.6 is 0 Å². The Bertz CT molecular complexity index is 970. The van der Waals surface area contributed by atoms with Crippen molar-refractivity contribution in [2.75, 3.05) is 32.9 Å². The molecule has 0 spiro atoms. The molecule has 0 aliphatic carbocycles. The van der Waals surface area contributed by atoms with Gasteiger partial charge in [-0.15, -0.1) is 0 Å². The molecule has 2 aliphatic rings. The highest BCUT2D eigenvalue weighted by atomic mass is 32.2. The predicted octanol–water partition coefficient (Wildman–Crippen LogP) is 1.96. The molecule has 1 amide bonds. The number of nitrogens with one attached hydrogen (secondary N) is 1. The Labute approximate surface area is 164 Å². The van der Waals surface area contributed by atoms with Crippen LogP contribution in [0, 0.1) is 0 Å². The molecule has 0 radical (unpaired) electrons. The van der Waals surface area contributed by atoms with Gasteiger partial charge in [-0.2, -0.15) is 4.31 Å². The maximum atomic E-state index is 13.1. The Kier molecular flexibility index (Phi) is 5.34. The van der Waals surface area contributed by atoms with Crippen LogP contribution in [-0.4, -0.2) is 51.5 Å². The molecule has 7 nitrogen and oxygen atoms in total. The first-order valence-electron chi connectivity index (χ1n) is 9.27. The fourth-order valence-corrected chi connectivity index (χ4v) is 5.13. The summed E-state index contributed by atoms with van der Waals surface area (Å²) in [6, 6.07) is 13.7. The Hall–Kier alpha value is -2.42. The summed E-state index contributed by atoms with van der Waals surface area (Å²) in [7, 11) is -3.77. The van der Waals surface area contributed by atoms with Crippen LogP contribution in [0.25, 0.3) is 0 Å². The highest BCUT2D eigenvalue weighted by Crippen LogP contribution is 2.32. The van der Waals surface area contributed by atoms with Crippen LogP contribution in [0.4, 0.5) is 0 Å². The average molecular weight is 402 g/mol. The summed E-state index contributed by atoms with van der Waals surface area (Å²) in [6.07, 6.45) is 0.626. The van der Waals surface area contributed by atoms with Gasteiger partial charge in [-0.1, -0.05) is 30.3 Å². The Balaban J connectivity index is 1.61. The number of hydrogen-bond donors (Lipinski definition) is 1. The van der Waals surface area contributed by atoms with Gasteiger partial charge in [0, 0.05) is 25.1 Å². The molecule has 1 saturated heterocycles. The lowest BCUT2D eigenvalue weighted by molar-refractivity contribution is 0.0729. The molecule has 1 unspecified atom stereocenters. The average Bonchev–Trinajstić information content (AvgIpc) is 2.74. The zero-order valence-electron chi connectivity index (χ0n) is 15.3. The van der Waals surface area contributed by atoms with Gasteiger partial charge in [0.2, 0.25) is 10.0 Å². The van der Waals surface area contributed by atoms with E-state index < -0.39 is 15.9 Å². The molecule has 1 fully saturated rings. The van der Waals surface area contributed by atoms with Crippen LogP contribution in [0.2, 0.25) is 0 Å². The van der Waals surface area contributed by atoms with Crippen molar-refractivity contribution in [1.82, 2.24) is 9.62 Å². The van der Waals surface area contributed by atoms with Crippen LogP contribution in [0.3, 0.4) is 0 Å². The lowest BCUT2D eigenvalue weighted by Crippen LogP contribution is -2.41. The lowest BCUT2D eigenvalue weighted by Gasteiger charge is -2.28. The van der Waals surface area contributed by atoms with E-state index in [-0.39, 0.29) is 29.6 Å². The molecule has 1 N–H and O–H groups in total. The van der Waals surface area contributed by atoms with E-state index in [0.29, 0.717) is 26.2 Å². The summed E-state index contributed by atoms with van der Waals surface area (Å²) < 4.78 is 38.4. The van der Waals surface area contributed by atoms with E-state index in [1.54, 1.807) is 18.2 Å². The summed E-state index contributed by atoms with van der Waals surface area (Å²) in [5.41, 5.74) is 1.05. The van der Waals surface area contributed by atoms with Crippen molar-refractivity contribution >= 4 is 15.9 Å². The third kappa shape index (κ3) is 3.63. The van der Waals surface area contributed by atoms with Gasteiger partial charge in [0.05, 0.1) is 36.3 Å². The monoisotopic (exact) mass is 402 g/mol. The molecule has 0 bridgehead atoms. The summed E-state index contributed by atoms with van der Waals surface area (Å²) >= 11 is 0. The largest absolute Gasteiger partial charge is 0.493 e. The van der Waals surface area contributed by atoms with Crippen LogP contribution in [0.1, 0.15) is 28.4 Å². The second-order valence-corrected chi connectivity index (χ2v) is 8.62. The minimum Gasteiger partial charge on any atom is -0.493 e. The van der Waals surface area contributed by atoms with Crippen molar-refractivity contribution in [2.24, 2.45) is 0 Å². The summed E-state index contributed by atoms with van der Waals surface area (Å²) in [4.78, 5) is 13.0. The Morgan fingerprint density at radius 1 is 1.00 bits per heavy atom. The molecule has 2 aliphatic heterocycles. The van der Waals surface area contributed by atoms with Crippen molar-refractivity contribution in [1.29, 1.82) is 0 Å². The fourth-order valence-electron chi connectivity index (χ4n) is 3.53. The van der Waals surface area contributed by atoms with Gasteiger partial charge >= 0.3 is 0 Å². The number of nitrogens with zero attached hydrogens (tertiary/aromatic N) is 1. The number of hydrogen-bond acceptors (Lipinski definition) is 5. The molecule has 148 valence electrons. The number of sulfonamides is 1. The number of amides is 1. The van der Waals surface area contributed by atoms with E-state index in [1.807, 2.05) is 24.3 Å². The number of carbonyl (C=O) groups is 1. The number of carbonyl (C=O) groups excluding carboxylic acids is 1. The van der Waals surface area contributed by atoms with Crippen LogP contribution in [-0.2, 0) is 14.8 Å². The first kappa shape index (κ1) is 18.9. The standard InChI is InChI=1S/C20H22N2O5S/c23-20(21-17-9-12-27-18-7-3-1-5-15(17)18)16-6-2-4-8-19(16)28(24,25)22-10-13-26-14-11-22/h1-8,17H,9-14H2,(H,21,23). The molecule has 28 heavy (non-hydrogen) atoms. The molecular formula is C20H22N2O5S. The van der Waals surface area contributed by atoms with Gasteiger partial charge in [0.1, 0.15) is 5.75 Å². The Morgan fingerprint density at radius 3 is 2.54 bits per heavy atom. The van der Waals surface area contributed by atoms with Crippen molar-refractivity contribution in [3.63, 3.8) is 0 Å². The van der Waals surface area contributed by atoms with Gasteiger partial charge < -0.3 is 14.8 Å². The van der Waals surface area contributed by atoms with E-state index in [4.69, 9.17) is 9.47 Å². The van der Waals surface area contributed by atoms with E-state index in [1.165, 1.54) is 10.4 Å². The smallest absolute Gasteiger partial charge is 0.253 e. The highest BCUT2D eigenvalue weighted by molar-refractivity contribution is 7.89. The second-order valence-electron chi connectivity index (χ2n) is 6.71. The first-order chi connectivity index (χ1) is 13.6. The molecule has 4 rings (SSSR count). The number of fused-ring (bicyclic) bond motifs is 1. The number of morpholine rings is 1. The quantitative estimate of drug-likeness (QED) is 0.845. The van der Waals surface area contributed by atoms with Gasteiger partial charge in [0.15, 0.2) is 0 Å². The van der Waals surface area contributed by atoms with Gasteiger partial charge in [-0.25, -0.2) is 8.42 Å². The molecule has 0 aromatic heterocycles.